The average Bonchev–Trinajstić information content (AvgIpc) is 2.74. The van der Waals surface area contributed by atoms with E-state index in [2.05, 4.69) is 0 Å². The fraction of sp³-hybridized carbons (Fsp3) is 0.500. The van der Waals surface area contributed by atoms with Gasteiger partial charge in [-0.3, -0.25) is 4.90 Å². The zero-order valence-corrected chi connectivity index (χ0v) is 10.6. The Labute approximate surface area is 107 Å². The number of carbonyl (C=O) groups is 1. The molecule has 0 bridgehead atoms. The molecule has 18 heavy (non-hydrogen) atoms. The third kappa shape index (κ3) is 2.88. The van der Waals surface area contributed by atoms with E-state index in [0.717, 1.165) is 5.56 Å². The molecule has 1 aromatic carbocycles. The number of hydrogen-bond donors (Lipinski definition) is 0. The zero-order chi connectivity index (χ0) is 13.0. The normalized spacial score (nSPS) is 24.1. The van der Waals surface area contributed by atoms with Crippen molar-refractivity contribution in [2.45, 2.75) is 25.6 Å². The van der Waals surface area contributed by atoms with E-state index in [0.29, 0.717) is 13.1 Å². The van der Waals surface area contributed by atoms with E-state index in [9.17, 15) is 9.18 Å². The Morgan fingerprint density at radius 1 is 1.44 bits per heavy atom. The highest BCUT2D eigenvalue weighted by Crippen LogP contribution is 2.28. The first-order chi connectivity index (χ1) is 8.64. The number of rotatable bonds is 4. The van der Waals surface area contributed by atoms with Crippen LogP contribution in [0.4, 0.5) is 4.39 Å². The van der Waals surface area contributed by atoms with Crippen molar-refractivity contribution in [1.29, 1.82) is 0 Å². The topological polar surface area (TPSA) is 29.5 Å². The summed E-state index contributed by atoms with van der Waals surface area (Å²) < 4.78 is 19.1. The number of likely N-dealkylation sites (tertiary alicyclic amines) is 1. The van der Waals surface area contributed by atoms with Gasteiger partial charge in [0.2, 0.25) is 5.67 Å². The maximum Gasteiger partial charge on any atom is 0.345 e. The Bertz CT molecular complexity index is 410. The molecule has 1 aromatic rings. The molecule has 1 heterocycles. The summed E-state index contributed by atoms with van der Waals surface area (Å²) in [6.07, 6.45) is 0.221. The smallest absolute Gasteiger partial charge is 0.345 e. The van der Waals surface area contributed by atoms with Crippen LogP contribution < -0.4 is 0 Å². The molecule has 1 atom stereocenters. The van der Waals surface area contributed by atoms with E-state index in [1.54, 1.807) is 6.92 Å². The highest BCUT2D eigenvalue weighted by Gasteiger charge is 2.46. The Morgan fingerprint density at radius 2 is 2.17 bits per heavy atom. The van der Waals surface area contributed by atoms with Crippen LogP contribution in [0.1, 0.15) is 18.9 Å². The first-order valence-electron chi connectivity index (χ1n) is 6.26. The van der Waals surface area contributed by atoms with Crippen LogP contribution >= 0.6 is 0 Å². The molecule has 1 fully saturated rings. The van der Waals surface area contributed by atoms with Crippen LogP contribution in [0.3, 0.4) is 0 Å². The molecule has 1 saturated heterocycles. The second-order valence-electron chi connectivity index (χ2n) is 4.63. The van der Waals surface area contributed by atoms with Gasteiger partial charge in [0, 0.05) is 26.1 Å². The van der Waals surface area contributed by atoms with Crippen LogP contribution in [-0.2, 0) is 16.1 Å². The van der Waals surface area contributed by atoms with Crippen molar-refractivity contribution in [2.24, 2.45) is 0 Å². The summed E-state index contributed by atoms with van der Waals surface area (Å²) in [5.74, 6) is -0.722. The minimum atomic E-state index is -1.83. The Balaban J connectivity index is 1.94. The third-order valence-electron chi connectivity index (χ3n) is 3.19. The summed E-state index contributed by atoms with van der Waals surface area (Å²) >= 11 is 0. The second-order valence-corrected chi connectivity index (χ2v) is 4.63. The number of carbonyl (C=O) groups excluding carboxylic acids is 1. The van der Waals surface area contributed by atoms with Crippen LogP contribution in [0.15, 0.2) is 30.3 Å². The molecular weight excluding hydrogens is 233 g/mol. The first-order valence-corrected chi connectivity index (χ1v) is 6.26. The van der Waals surface area contributed by atoms with Gasteiger partial charge < -0.3 is 4.74 Å². The largest absolute Gasteiger partial charge is 0.464 e. The van der Waals surface area contributed by atoms with Crippen LogP contribution in [0.2, 0.25) is 0 Å². The monoisotopic (exact) mass is 251 g/mol. The molecule has 4 heteroatoms. The molecule has 1 unspecified atom stereocenters. The van der Waals surface area contributed by atoms with Crippen LogP contribution in [0.5, 0.6) is 0 Å². The lowest BCUT2D eigenvalue weighted by Crippen LogP contribution is -2.38. The summed E-state index contributed by atoms with van der Waals surface area (Å²) in [4.78, 5) is 13.5. The van der Waals surface area contributed by atoms with Gasteiger partial charge in [0.25, 0.3) is 0 Å². The lowest BCUT2D eigenvalue weighted by Gasteiger charge is -2.19. The number of nitrogens with zero attached hydrogens (tertiary/aromatic N) is 1. The highest BCUT2D eigenvalue weighted by atomic mass is 19.1. The molecule has 3 nitrogen and oxygen atoms in total. The molecule has 2 rings (SSSR count). The number of benzene rings is 1. The van der Waals surface area contributed by atoms with Gasteiger partial charge in [-0.2, -0.15) is 0 Å². The summed E-state index contributed by atoms with van der Waals surface area (Å²) in [7, 11) is 0. The molecule has 0 amide bonds. The minimum Gasteiger partial charge on any atom is -0.464 e. The fourth-order valence-electron chi connectivity index (χ4n) is 2.25. The number of ether oxygens (including phenoxy) is 1. The SMILES string of the molecule is CCOC(=O)C1(F)CCN(Cc2ccccc2)C1. The van der Waals surface area contributed by atoms with Gasteiger partial charge in [0.15, 0.2) is 0 Å². The zero-order valence-electron chi connectivity index (χ0n) is 10.6. The van der Waals surface area contributed by atoms with Gasteiger partial charge in [-0.1, -0.05) is 30.3 Å². The molecule has 0 radical (unpaired) electrons. The number of halogens is 1. The minimum absolute atomic E-state index is 0.126. The average molecular weight is 251 g/mol. The lowest BCUT2D eigenvalue weighted by molar-refractivity contribution is -0.156. The van der Waals surface area contributed by atoms with E-state index in [1.165, 1.54) is 0 Å². The van der Waals surface area contributed by atoms with Crippen molar-refractivity contribution in [2.75, 3.05) is 19.7 Å². The van der Waals surface area contributed by atoms with Gasteiger partial charge in [-0.25, -0.2) is 9.18 Å². The van der Waals surface area contributed by atoms with E-state index in [1.807, 2.05) is 35.2 Å². The maximum absolute atomic E-state index is 14.3. The number of alkyl halides is 1. The molecule has 0 N–H and O–H groups in total. The summed E-state index contributed by atoms with van der Waals surface area (Å²) in [5.41, 5.74) is -0.698. The van der Waals surface area contributed by atoms with Crippen molar-refractivity contribution in [1.82, 2.24) is 4.90 Å². The van der Waals surface area contributed by atoms with Crippen molar-refractivity contribution >= 4 is 5.97 Å². The lowest BCUT2D eigenvalue weighted by atomic mass is 10.1. The number of hydrogen-bond acceptors (Lipinski definition) is 3. The summed E-state index contributed by atoms with van der Waals surface area (Å²) in [5, 5.41) is 0. The summed E-state index contributed by atoms with van der Waals surface area (Å²) in [6, 6.07) is 9.87. The Hall–Kier alpha value is -1.42. The van der Waals surface area contributed by atoms with Gasteiger partial charge in [0.1, 0.15) is 0 Å². The van der Waals surface area contributed by atoms with Crippen molar-refractivity contribution in [3.8, 4) is 0 Å². The van der Waals surface area contributed by atoms with E-state index < -0.39 is 11.6 Å². The van der Waals surface area contributed by atoms with Crippen molar-refractivity contribution in [3.05, 3.63) is 35.9 Å². The van der Waals surface area contributed by atoms with Crippen LogP contribution in [0.25, 0.3) is 0 Å². The standard InChI is InChI=1S/C14H18FNO2/c1-2-18-13(17)14(15)8-9-16(11-14)10-12-6-4-3-5-7-12/h3-7H,2,8-11H2,1H3. The van der Waals surface area contributed by atoms with E-state index >= 15 is 0 Å². The number of esters is 1. The Kier molecular flexibility index (Phi) is 3.97. The molecule has 1 aliphatic rings. The molecule has 0 saturated carbocycles. The third-order valence-corrected chi connectivity index (χ3v) is 3.19. The predicted molar refractivity (Wildman–Crippen MR) is 66.8 cm³/mol. The molecule has 0 aromatic heterocycles. The fourth-order valence-corrected chi connectivity index (χ4v) is 2.25. The first kappa shape index (κ1) is 13.0. The molecular formula is C14H18FNO2. The van der Waals surface area contributed by atoms with E-state index in [4.69, 9.17) is 4.74 Å². The maximum atomic E-state index is 14.3. The van der Waals surface area contributed by atoms with Gasteiger partial charge in [0.05, 0.1) is 6.61 Å². The second kappa shape index (κ2) is 5.48. The van der Waals surface area contributed by atoms with E-state index in [-0.39, 0.29) is 19.6 Å². The summed E-state index contributed by atoms with van der Waals surface area (Å²) in [6.45, 7) is 3.30. The van der Waals surface area contributed by atoms with Gasteiger partial charge in [-0.05, 0) is 12.5 Å². The Morgan fingerprint density at radius 3 is 2.83 bits per heavy atom. The predicted octanol–water partition coefficient (Wildman–Crippen LogP) is 2.16. The van der Waals surface area contributed by atoms with Crippen molar-refractivity contribution < 1.29 is 13.9 Å². The van der Waals surface area contributed by atoms with Crippen molar-refractivity contribution in [3.63, 3.8) is 0 Å². The quantitative estimate of drug-likeness (QED) is 0.768. The molecule has 98 valence electrons. The van der Waals surface area contributed by atoms with Gasteiger partial charge in [-0.15, -0.1) is 0 Å². The highest BCUT2D eigenvalue weighted by molar-refractivity contribution is 5.80. The molecule has 1 aliphatic heterocycles. The van der Waals surface area contributed by atoms with Gasteiger partial charge >= 0.3 is 5.97 Å². The molecule has 0 aliphatic carbocycles. The van der Waals surface area contributed by atoms with Crippen LogP contribution in [-0.4, -0.2) is 36.2 Å². The molecule has 0 spiro atoms. The van der Waals surface area contributed by atoms with Crippen LogP contribution in [0, 0.1) is 0 Å².